The molecule has 1 radical (unpaired) electrons. The van der Waals surface area contributed by atoms with Gasteiger partial charge >= 0.3 is 0 Å². The Morgan fingerprint density at radius 1 is 0.784 bits per heavy atom. The normalized spacial score (nSPS) is 14.5. The Balaban J connectivity index is 0.000000172. The number of pyridine rings is 1. The van der Waals surface area contributed by atoms with Crippen LogP contribution >= 0.6 is 0 Å². The average molecular weight is 660 g/mol. The van der Waals surface area contributed by atoms with Crippen LogP contribution in [0, 0.1) is 25.0 Å². The minimum atomic E-state index is 0. The number of hydrogen-bond acceptors (Lipinski definition) is 2. The summed E-state index contributed by atoms with van der Waals surface area (Å²) in [6.45, 7) is 2.97. The van der Waals surface area contributed by atoms with Crippen LogP contribution in [-0.4, -0.2) is 14.5 Å². The summed E-state index contributed by atoms with van der Waals surface area (Å²) < 4.78 is 2.41. The molecule has 4 heteroatoms. The quantitative estimate of drug-likeness (QED) is 0.184. The maximum absolute atomic E-state index is 4.91. The van der Waals surface area contributed by atoms with Gasteiger partial charge in [-0.25, -0.2) is 0 Å². The zero-order valence-corrected chi connectivity index (χ0v) is 23.3. The minimum Gasteiger partial charge on any atom is -0.360 e. The van der Waals surface area contributed by atoms with E-state index in [1.165, 1.54) is 36.8 Å². The van der Waals surface area contributed by atoms with Gasteiger partial charge < -0.3 is 9.55 Å². The van der Waals surface area contributed by atoms with Crippen molar-refractivity contribution in [2.45, 2.75) is 39.2 Å². The number of aryl methyl sites for hydroxylation is 1. The van der Waals surface area contributed by atoms with E-state index < -0.39 is 0 Å². The summed E-state index contributed by atoms with van der Waals surface area (Å²) in [5.74, 6) is 1.81. The molecule has 1 aliphatic carbocycles. The number of imidazole rings is 1. The van der Waals surface area contributed by atoms with E-state index in [1.807, 2.05) is 61.5 Å². The van der Waals surface area contributed by atoms with Crippen LogP contribution in [0.4, 0.5) is 0 Å². The van der Waals surface area contributed by atoms with Gasteiger partial charge in [-0.1, -0.05) is 43.2 Å². The van der Waals surface area contributed by atoms with E-state index in [1.54, 1.807) is 5.57 Å². The van der Waals surface area contributed by atoms with Crippen molar-refractivity contribution < 1.29 is 20.1 Å². The van der Waals surface area contributed by atoms with Crippen molar-refractivity contribution in [1.82, 2.24) is 14.5 Å². The molecule has 0 spiro atoms. The van der Waals surface area contributed by atoms with Crippen molar-refractivity contribution in [2.75, 3.05) is 0 Å². The Labute approximate surface area is 232 Å². The van der Waals surface area contributed by atoms with Crippen molar-refractivity contribution in [3.8, 4) is 22.6 Å². The summed E-state index contributed by atoms with van der Waals surface area (Å²) in [4.78, 5) is 9.33. The van der Waals surface area contributed by atoms with Gasteiger partial charge in [-0.05, 0) is 54.6 Å². The molecule has 37 heavy (non-hydrogen) atoms. The van der Waals surface area contributed by atoms with Crippen LogP contribution in [-0.2, 0) is 26.7 Å². The number of aromatic nitrogens is 3. The molecule has 187 valence electrons. The summed E-state index contributed by atoms with van der Waals surface area (Å²) in [5.41, 5.74) is 9.44. The van der Waals surface area contributed by atoms with Crippen molar-refractivity contribution >= 4 is 17.1 Å². The van der Waals surface area contributed by atoms with Gasteiger partial charge in [-0.2, -0.15) is 0 Å². The smallest absolute Gasteiger partial charge is 0.0777 e. The van der Waals surface area contributed by atoms with E-state index in [0.29, 0.717) is 0 Å². The summed E-state index contributed by atoms with van der Waals surface area (Å²) in [7, 11) is 0. The topological polar surface area (TPSA) is 30.7 Å². The van der Waals surface area contributed by atoms with Crippen LogP contribution in [0.3, 0.4) is 0 Å². The molecule has 0 unspecified atom stereocenters. The van der Waals surface area contributed by atoms with Crippen LogP contribution in [0.25, 0.3) is 39.8 Å². The van der Waals surface area contributed by atoms with E-state index in [0.717, 1.165) is 46.3 Å². The first-order chi connectivity index (χ1) is 17.8. The van der Waals surface area contributed by atoms with Crippen LogP contribution in [0.15, 0.2) is 90.5 Å². The van der Waals surface area contributed by atoms with Crippen LogP contribution < -0.4 is 0 Å². The molecule has 3 aromatic carbocycles. The van der Waals surface area contributed by atoms with E-state index in [9.17, 15) is 0 Å². The predicted molar refractivity (Wildman–Crippen MR) is 147 cm³/mol. The molecule has 5 aromatic rings. The SMILES string of the molecule is Cc1cccc(-c2[c-]cccc2)n1.[Ir].[c-]1ccccc1-c1nc2cccc3c2n1CC(C1CCCC1)=C3. The molecule has 0 atom stereocenters. The van der Waals surface area contributed by atoms with Crippen LogP contribution in [0.5, 0.6) is 0 Å². The fourth-order valence-electron chi connectivity index (χ4n) is 5.44. The zero-order chi connectivity index (χ0) is 24.3. The van der Waals surface area contributed by atoms with Gasteiger partial charge in [0.25, 0.3) is 0 Å². The molecular weight excluding hydrogens is 631 g/mol. The maximum atomic E-state index is 4.91. The second-order valence-electron chi connectivity index (χ2n) is 9.65. The average Bonchev–Trinajstić information content (AvgIpc) is 3.60. The number of hydrogen-bond donors (Lipinski definition) is 0. The molecule has 7 rings (SSSR count). The number of rotatable bonds is 3. The Morgan fingerprint density at radius 2 is 1.51 bits per heavy atom. The zero-order valence-electron chi connectivity index (χ0n) is 20.9. The summed E-state index contributed by atoms with van der Waals surface area (Å²) in [6, 6.07) is 35.0. The Bertz CT molecular complexity index is 1510. The molecule has 1 saturated carbocycles. The first-order valence-corrected chi connectivity index (χ1v) is 12.8. The Kier molecular flexibility index (Phi) is 7.79. The van der Waals surface area contributed by atoms with Crippen molar-refractivity contribution in [2.24, 2.45) is 5.92 Å². The van der Waals surface area contributed by atoms with E-state index in [2.05, 4.69) is 58.1 Å². The number of nitrogens with zero attached hydrogens (tertiary/aromatic N) is 3. The van der Waals surface area contributed by atoms with Crippen molar-refractivity contribution in [1.29, 1.82) is 0 Å². The van der Waals surface area contributed by atoms with Gasteiger partial charge in [0.1, 0.15) is 0 Å². The molecule has 0 saturated heterocycles. The molecule has 0 N–H and O–H groups in total. The third kappa shape index (κ3) is 5.37. The van der Waals surface area contributed by atoms with E-state index in [4.69, 9.17) is 4.98 Å². The summed E-state index contributed by atoms with van der Waals surface area (Å²) in [5, 5.41) is 0. The molecule has 1 fully saturated rings. The molecule has 1 aliphatic heterocycles. The molecule has 0 bridgehead atoms. The molecular formula is C33H29IrN3-2. The van der Waals surface area contributed by atoms with Gasteiger partial charge in [0.2, 0.25) is 0 Å². The van der Waals surface area contributed by atoms with Gasteiger partial charge in [0.15, 0.2) is 0 Å². The molecule has 3 nitrogen and oxygen atoms in total. The second-order valence-corrected chi connectivity index (χ2v) is 9.65. The minimum absolute atomic E-state index is 0. The largest absolute Gasteiger partial charge is 0.360 e. The fourth-order valence-corrected chi connectivity index (χ4v) is 5.44. The molecule has 2 aliphatic rings. The van der Waals surface area contributed by atoms with Crippen molar-refractivity contribution in [3.63, 3.8) is 0 Å². The van der Waals surface area contributed by atoms with Gasteiger partial charge in [0, 0.05) is 32.3 Å². The molecule has 3 heterocycles. The van der Waals surface area contributed by atoms with Gasteiger partial charge in [-0.15, -0.1) is 71.8 Å². The maximum Gasteiger partial charge on any atom is 0.0777 e. The molecule has 0 amide bonds. The van der Waals surface area contributed by atoms with Crippen molar-refractivity contribution in [3.05, 3.63) is 114 Å². The van der Waals surface area contributed by atoms with E-state index in [-0.39, 0.29) is 20.1 Å². The standard InChI is InChI=1S/C21H19N2.C12H10N.Ir/c1-2-9-16(10-3-1)21-22-19-12-6-11-17-13-18(14-23(21)20(17)19)15-7-4-5-8-15;1-10-6-5-9-12(13-10)11-7-3-2-4-8-11;/h1-3,6,9,11-13,15H,4-5,7-8,14H2;2-7,9H,1H3;/q2*-1;. The summed E-state index contributed by atoms with van der Waals surface area (Å²) in [6.07, 6.45) is 7.88. The first kappa shape index (κ1) is 25.3. The number of para-hydroxylation sites is 1. The van der Waals surface area contributed by atoms with Crippen LogP contribution in [0.2, 0.25) is 0 Å². The van der Waals surface area contributed by atoms with E-state index >= 15 is 0 Å². The second kappa shape index (κ2) is 11.4. The van der Waals surface area contributed by atoms with Gasteiger partial charge in [0.05, 0.1) is 16.9 Å². The third-order valence-corrected chi connectivity index (χ3v) is 7.18. The monoisotopic (exact) mass is 660 g/mol. The van der Waals surface area contributed by atoms with Gasteiger partial charge in [-0.3, -0.25) is 4.98 Å². The van der Waals surface area contributed by atoms with Crippen LogP contribution in [0.1, 0.15) is 36.9 Å². The molecule has 2 aromatic heterocycles. The number of benzene rings is 3. The predicted octanol–water partition coefficient (Wildman–Crippen LogP) is 7.95. The first-order valence-electron chi connectivity index (χ1n) is 12.8. The Morgan fingerprint density at radius 3 is 2.22 bits per heavy atom. The number of allylic oxidation sites excluding steroid dienone is 1. The fraction of sp³-hybridized carbons (Fsp3) is 0.212. The Hall–Kier alpha value is -3.33. The summed E-state index contributed by atoms with van der Waals surface area (Å²) >= 11 is 0. The third-order valence-electron chi connectivity index (χ3n) is 7.18.